The second-order valence-electron chi connectivity index (χ2n) is 6.09. The highest BCUT2D eigenvalue weighted by molar-refractivity contribution is 7.68. The summed E-state index contributed by atoms with van der Waals surface area (Å²) in [7, 11) is -0.789. The molecule has 3 aromatic rings. The van der Waals surface area contributed by atoms with Gasteiger partial charge in [-0.1, -0.05) is 72.8 Å². The van der Waals surface area contributed by atoms with E-state index in [1.54, 1.807) is 18.3 Å². The molecule has 0 saturated heterocycles. The van der Waals surface area contributed by atoms with E-state index in [0.29, 0.717) is 6.61 Å². The minimum absolute atomic E-state index is 0.224. The molecule has 0 spiro atoms. The van der Waals surface area contributed by atoms with Gasteiger partial charge in [0.1, 0.15) is 5.82 Å². The molecule has 0 fully saturated rings. The molecule has 138 valence electrons. The molecule has 0 aliphatic carbocycles. The Morgan fingerprint density at radius 1 is 0.778 bits per heavy atom. The number of halogens is 1. The zero-order valence-electron chi connectivity index (χ0n) is 15.2. The summed E-state index contributed by atoms with van der Waals surface area (Å²) in [5.41, 5.74) is 0.921. The fourth-order valence-electron chi connectivity index (χ4n) is 2.60. The molecule has 0 unspecified atom stereocenters. The van der Waals surface area contributed by atoms with Crippen LogP contribution in [0.1, 0.15) is 18.4 Å². The fourth-order valence-corrected chi connectivity index (χ4v) is 4.40. The van der Waals surface area contributed by atoms with E-state index in [0.717, 1.165) is 24.9 Å². The van der Waals surface area contributed by atoms with Crippen LogP contribution < -0.4 is 10.6 Å². The summed E-state index contributed by atoms with van der Waals surface area (Å²) in [6.07, 6.45) is 3.71. The topological polar surface area (TPSA) is 21.6 Å². The van der Waals surface area contributed by atoms with Crippen molar-refractivity contribution < 1.29 is 8.91 Å². The van der Waals surface area contributed by atoms with Gasteiger partial charge >= 0.3 is 0 Å². The van der Waals surface area contributed by atoms with Gasteiger partial charge in [-0.05, 0) is 30.5 Å². The Morgan fingerprint density at radius 2 is 1.37 bits per heavy atom. The Bertz CT molecular complexity index is 783. The third-order valence-electron chi connectivity index (χ3n) is 3.99. The summed E-state index contributed by atoms with van der Waals surface area (Å²) in [4.78, 5) is 4.41. The molecule has 0 N–H and O–H groups in total. The molecule has 0 bridgehead atoms. The molecule has 0 aromatic heterocycles. The van der Waals surface area contributed by atoms with Gasteiger partial charge in [0.25, 0.3) is 0 Å². The van der Waals surface area contributed by atoms with Crippen LogP contribution in [0.4, 0.5) is 4.39 Å². The molecule has 0 aliphatic rings. The van der Waals surface area contributed by atoms with Crippen molar-refractivity contribution in [1.29, 1.82) is 0 Å². The maximum Gasteiger partial charge on any atom is 0.123 e. The van der Waals surface area contributed by atoms with Crippen LogP contribution in [0.2, 0.25) is 0 Å². The smallest absolute Gasteiger partial charge is 0.123 e. The van der Waals surface area contributed by atoms with Crippen molar-refractivity contribution in [1.82, 2.24) is 0 Å². The Labute approximate surface area is 161 Å². The van der Waals surface area contributed by atoms with Crippen LogP contribution in [-0.4, -0.2) is 19.4 Å². The first-order valence-corrected chi connectivity index (χ1v) is 10.4. The van der Waals surface area contributed by atoms with Crippen LogP contribution in [0, 0.1) is 5.82 Å². The highest BCUT2D eigenvalue weighted by Gasteiger charge is 2.14. The quantitative estimate of drug-likeness (QED) is 0.288. The molecule has 0 radical (unpaired) electrons. The lowest BCUT2D eigenvalue weighted by atomic mass is 10.2. The molecule has 0 amide bonds. The van der Waals surface area contributed by atoms with Gasteiger partial charge in [0.15, 0.2) is 0 Å². The second-order valence-corrected chi connectivity index (χ2v) is 7.97. The highest BCUT2D eigenvalue weighted by atomic mass is 31.1. The first-order chi connectivity index (χ1) is 13.3. The highest BCUT2D eigenvalue weighted by Crippen LogP contribution is 2.34. The van der Waals surface area contributed by atoms with Crippen molar-refractivity contribution in [2.75, 3.05) is 13.2 Å². The Morgan fingerprint density at radius 3 is 1.96 bits per heavy atom. The maximum atomic E-state index is 12.9. The number of hydrogen-bond acceptors (Lipinski definition) is 2. The van der Waals surface area contributed by atoms with Crippen LogP contribution in [0.3, 0.4) is 0 Å². The predicted molar refractivity (Wildman–Crippen MR) is 113 cm³/mol. The van der Waals surface area contributed by atoms with Crippen molar-refractivity contribution in [3.63, 3.8) is 0 Å². The van der Waals surface area contributed by atoms with E-state index in [-0.39, 0.29) is 5.82 Å². The number of hydrogen-bond donors (Lipinski definition) is 0. The van der Waals surface area contributed by atoms with Crippen molar-refractivity contribution in [3.05, 3.63) is 96.3 Å². The average Bonchev–Trinajstić information content (AvgIpc) is 2.73. The molecule has 0 atom stereocenters. The van der Waals surface area contributed by atoms with Gasteiger partial charge in [-0.3, -0.25) is 4.99 Å². The molecule has 27 heavy (non-hydrogen) atoms. The van der Waals surface area contributed by atoms with Gasteiger partial charge in [0.05, 0.1) is 14.8 Å². The van der Waals surface area contributed by atoms with Crippen molar-refractivity contribution >= 4 is 25.0 Å². The van der Waals surface area contributed by atoms with Crippen LogP contribution >= 0.6 is 8.15 Å². The minimum atomic E-state index is -0.789. The van der Waals surface area contributed by atoms with Gasteiger partial charge < -0.3 is 4.52 Å². The molecule has 0 aliphatic heterocycles. The van der Waals surface area contributed by atoms with E-state index in [9.17, 15) is 4.39 Å². The molecule has 3 rings (SSSR count). The molecule has 3 aromatic carbocycles. The Balaban J connectivity index is 1.46. The van der Waals surface area contributed by atoms with Gasteiger partial charge in [0.2, 0.25) is 0 Å². The standard InChI is InChI=1S/C23H23FNOP/c24-21-15-13-20(14-16-21)19-25-17-7-8-18-26-27(22-9-3-1-4-10-22)23-11-5-2-6-12-23/h1-6,9-16,19H,7-8,17-18H2. The molecule has 0 saturated carbocycles. The van der Waals surface area contributed by atoms with Crippen LogP contribution in [0.25, 0.3) is 0 Å². The lowest BCUT2D eigenvalue weighted by Gasteiger charge is -2.18. The second kappa shape index (κ2) is 10.7. The molecule has 2 nitrogen and oxygen atoms in total. The first kappa shape index (κ1) is 19.4. The maximum absolute atomic E-state index is 12.9. The summed E-state index contributed by atoms with van der Waals surface area (Å²) < 4.78 is 19.1. The Hall–Kier alpha value is -2.35. The number of rotatable bonds is 9. The van der Waals surface area contributed by atoms with Crippen LogP contribution in [0.15, 0.2) is 89.9 Å². The number of benzene rings is 3. The van der Waals surface area contributed by atoms with Crippen LogP contribution in [0.5, 0.6) is 0 Å². The predicted octanol–water partition coefficient (Wildman–Crippen LogP) is 5.09. The van der Waals surface area contributed by atoms with E-state index >= 15 is 0 Å². The number of aliphatic imine (C=N–C) groups is 1. The first-order valence-electron chi connectivity index (χ1n) is 9.11. The summed E-state index contributed by atoms with van der Waals surface area (Å²) in [6.45, 7) is 1.46. The molecular weight excluding hydrogens is 356 g/mol. The number of unbranched alkanes of at least 4 members (excludes halogenated alkanes) is 1. The van der Waals surface area contributed by atoms with Gasteiger partial charge in [-0.2, -0.15) is 0 Å². The lowest BCUT2D eigenvalue weighted by molar-refractivity contribution is 0.348. The lowest BCUT2D eigenvalue weighted by Crippen LogP contribution is -2.14. The monoisotopic (exact) mass is 379 g/mol. The van der Waals surface area contributed by atoms with Crippen molar-refractivity contribution in [2.24, 2.45) is 4.99 Å². The third-order valence-corrected chi connectivity index (χ3v) is 5.97. The summed E-state index contributed by atoms with van der Waals surface area (Å²) in [5.74, 6) is -0.224. The van der Waals surface area contributed by atoms with Crippen molar-refractivity contribution in [2.45, 2.75) is 12.8 Å². The summed E-state index contributed by atoms with van der Waals surface area (Å²) in [6, 6.07) is 27.2. The van der Waals surface area contributed by atoms with Crippen molar-refractivity contribution in [3.8, 4) is 0 Å². The van der Waals surface area contributed by atoms with Gasteiger partial charge in [-0.15, -0.1) is 0 Å². The normalized spacial score (nSPS) is 11.3. The van der Waals surface area contributed by atoms with E-state index in [1.165, 1.54) is 22.7 Å². The summed E-state index contributed by atoms with van der Waals surface area (Å²) in [5, 5.41) is 2.46. The largest absolute Gasteiger partial charge is 0.350 e. The third kappa shape index (κ3) is 6.39. The SMILES string of the molecule is Fc1ccc(C=NCCCCOP(c2ccccc2)c2ccccc2)cc1. The Kier molecular flexibility index (Phi) is 7.70. The summed E-state index contributed by atoms with van der Waals surface area (Å²) >= 11 is 0. The number of nitrogens with zero attached hydrogens (tertiary/aromatic N) is 1. The molecular formula is C23H23FNOP. The van der Waals surface area contributed by atoms with E-state index in [2.05, 4.69) is 53.5 Å². The van der Waals surface area contributed by atoms with E-state index in [4.69, 9.17) is 4.52 Å². The van der Waals surface area contributed by atoms with Gasteiger partial charge in [0, 0.05) is 23.4 Å². The molecule has 0 heterocycles. The average molecular weight is 379 g/mol. The van der Waals surface area contributed by atoms with Gasteiger partial charge in [-0.25, -0.2) is 4.39 Å². The fraction of sp³-hybridized carbons (Fsp3) is 0.174. The van der Waals surface area contributed by atoms with E-state index < -0.39 is 8.15 Å². The molecule has 4 heteroatoms. The van der Waals surface area contributed by atoms with E-state index in [1.807, 2.05) is 12.1 Å². The van der Waals surface area contributed by atoms with Crippen LogP contribution in [-0.2, 0) is 4.52 Å². The zero-order chi connectivity index (χ0) is 18.7. The minimum Gasteiger partial charge on any atom is -0.350 e. The zero-order valence-corrected chi connectivity index (χ0v) is 16.1.